The van der Waals surface area contributed by atoms with Gasteiger partial charge in [-0.2, -0.15) is 0 Å². The zero-order chi connectivity index (χ0) is 38.9. The first kappa shape index (κ1) is 33.6. The number of benzene rings is 9. The quantitative estimate of drug-likeness (QED) is 0.175. The van der Waals surface area contributed by atoms with Crippen LogP contribution in [0.4, 0.5) is 17.1 Å². The number of para-hydroxylation sites is 3. The van der Waals surface area contributed by atoms with Gasteiger partial charge in [0.25, 0.3) is 0 Å². The highest BCUT2D eigenvalue weighted by Crippen LogP contribution is 2.52. The third-order valence-corrected chi connectivity index (χ3v) is 12.7. The Morgan fingerprint density at radius 1 is 0.390 bits per heavy atom. The van der Waals surface area contributed by atoms with Crippen LogP contribution in [0.1, 0.15) is 0 Å². The summed E-state index contributed by atoms with van der Waals surface area (Å²) in [4.78, 5) is 15.6. The van der Waals surface area contributed by atoms with E-state index in [0.717, 1.165) is 50.0 Å². The molecule has 1 aliphatic heterocycles. The molecule has 11 aromatic rings. The summed E-state index contributed by atoms with van der Waals surface area (Å²) in [7, 11) is 0. The Morgan fingerprint density at radius 2 is 1.03 bits per heavy atom. The van der Waals surface area contributed by atoms with Crippen LogP contribution in [0.2, 0.25) is 0 Å². The lowest BCUT2D eigenvalue weighted by Gasteiger charge is -2.33. The molecule has 0 unspecified atom stereocenters. The number of fused-ring (bicyclic) bond motifs is 8. The molecule has 0 saturated carbocycles. The summed E-state index contributed by atoms with van der Waals surface area (Å²) in [5.41, 5.74) is 13.2. The molecular weight excluding hydrogens is 737 g/mol. The Kier molecular flexibility index (Phi) is 7.75. The molecule has 2 aromatic heterocycles. The minimum absolute atomic E-state index is 0.648. The number of rotatable bonds is 5. The largest absolute Gasteiger partial charge is 0.308 e. The molecule has 3 heterocycles. The fraction of sp³-hybridized carbons (Fsp3) is 0. The second kappa shape index (κ2) is 13.6. The van der Waals surface area contributed by atoms with Gasteiger partial charge in [0.05, 0.1) is 33.6 Å². The van der Waals surface area contributed by atoms with Gasteiger partial charge in [0, 0.05) is 37.2 Å². The first-order chi connectivity index (χ1) is 29.2. The van der Waals surface area contributed by atoms with Gasteiger partial charge in [0.2, 0.25) is 5.95 Å². The highest BCUT2D eigenvalue weighted by molar-refractivity contribution is 7.99. The lowest BCUT2D eigenvalue weighted by molar-refractivity contribution is 1.01. The fourth-order valence-corrected chi connectivity index (χ4v) is 9.91. The zero-order valence-electron chi connectivity index (χ0n) is 31.8. The molecule has 4 nitrogen and oxygen atoms in total. The lowest BCUT2D eigenvalue weighted by atomic mass is 10.0. The van der Waals surface area contributed by atoms with Gasteiger partial charge in [-0.05, 0) is 87.6 Å². The van der Waals surface area contributed by atoms with Gasteiger partial charge < -0.3 is 4.90 Å². The number of aromatic nitrogens is 3. The first-order valence-electron chi connectivity index (χ1n) is 19.9. The summed E-state index contributed by atoms with van der Waals surface area (Å²) in [6.07, 6.45) is 0. The summed E-state index contributed by atoms with van der Waals surface area (Å²) < 4.78 is 2.27. The molecule has 0 amide bonds. The summed E-state index contributed by atoms with van der Waals surface area (Å²) in [6.45, 7) is 0. The monoisotopic (exact) mass is 770 g/mol. The van der Waals surface area contributed by atoms with E-state index in [0.29, 0.717) is 5.95 Å². The van der Waals surface area contributed by atoms with Crippen LogP contribution in [0.15, 0.2) is 216 Å². The van der Waals surface area contributed by atoms with Crippen molar-refractivity contribution in [1.29, 1.82) is 0 Å². The molecule has 0 saturated heterocycles. The van der Waals surface area contributed by atoms with Crippen molar-refractivity contribution >= 4 is 72.3 Å². The Hall–Kier alpha value is -7.47. The normalized spacial score (nSPS) is 12.3. The number of hydrogen-bond acceptors (Lipinski definition) is 4. The van der Waals surface area contributed by atoms with Gasteiger partial charge in [0.1, 0.15) is 0 Å². The maximum atomic E-state index is 5.46. The molecule has 1 aliphatic rings. The van der Waals surface area contributed by atoms with E-state index in [1.54, 1.807) is 0 Å². The average Bonchev–Trinajstić information content (AvgIpc) is 3.65. The van der Waals surface area contributed by atoms with E-state index < -0.39 is 0 Å². The molecule has 12 rings (SSSR count). The van der Waals surface area contributed by atoms with Crippen molar-refractivity contribution < 1.29 is 0 Å². The molecule has 0 bridgehead atoms. The van der Waals surface area contributed by atoms with Crippen LogP contribution in [0, 0.1) is 0 Å². The molecule has 0 N–H and O–H groups in total. The third-order valence-electron chi connectivity index (χ3n) is 11.6. The van der Waals surface area contributed by atoms with Crippen LogP contribution in [-0.2, 0) is 0 Å². The van der Waals surface area contributed by atoms with E-state index in [9.17, 15) is 0 Å². The molecule has 0 aliphatic carbocycles. The van der Waals surface area contributed by atoms with Crippen molar-refractivity contribution in [2.45, 2.75) is 9.79 Å². The van der Waals surface area contributed by atoms with Gasteiger partial charge in [-0.25, -0.2) is 9.97 Å². The predicted octanol–water partition coefficient (Wildman–Crippen LogP) is 14.8. The smallest absolute Gasteiger partial charge is 0.235 e. The van der Waals surface area contributed by atoms with E-state index >= 15 is 0 Å². The van der Waals surface area contributed by atoms with Crippen LogP contribution in [0.25, 0.3) is 82.9 Å². The van der Waals surface area contributed by atoms with E-state index in [4.69, 9.17) is 9.97 Å². The third kappa shape index (κ3) is 5.54. The molecule has 9 aromatic carbocycles. The summed E-state index contributed by atoms with van der Waals surface area (Å²) in [6, 6.07) is 73.8. The number of hydrogen-bond donors (Lipinski definition) is 0. The lowest BCUT2D eigenvalue weighted by Crippen LogP contribution is -2.14. The van der Waals surface area contributed by atoms with Crippen LogP contribution >= 0.6 is 11.8 Å². The number of anilines is 3. The minimum Gasteiger partial charge on any atom is -0.308 e. The van der Waals surface area contributed by atoms with Crippen molar-refractivity contribution in [2.75, 3.05) is 4.90 Å². The van der Waals surface area contributed by atoms with E-state index in [1.807, 2.05) is 11.8 Å². The highest BCUT2D eigenvalue weighted by Gasteiger charge is 2.26. The van der Waals surface area contributed by atoms with Gasteiger partial charge in [-0.1, -0.05) is 163 Å². The van der Waals surface area contributed by atoms with Crippen molar-refractivity contribution in [2.24, 2.45) is 0 Å². The Morgan fingerprint density at radius 3 is 1.90 bits per heavy atom. The average molecular weight is 771 g/mol. The Bertz CT molecular complexity index is 3410. The maximum Gasteiger partial charge on any atom is 0.235 e. The maximum absolute atomic E-state index is 5.46. The molecule has 0 fully saturated rings. The first-order valence-corrected chi connectivity index (χ1v) is 20.7. The standard InChI is InChI=1S/C54H34N4S/c1-3-13-35(14-4-1)36-23-25-38(26-24-36)53-43-19-9-10-20-45(43)55-54(56-53)58-48-32-28-37-15-7-8-18-42(37)52(48)44-30-27-39(33-49(44)58)40-29-31-47-51(34-40)59-50-22-12-11-21-46(50)57(47)41-16-5-2-6-17-41/h1-34H. The van der Waals surface area contributed by atoms with Gasteiger partial charge in [0.15, 0.2) is 0 Å². The molecule has 276 valence electrons. The summed E-state index contributed by atoms with van der Waals surface area (Å²) in [5.74, 6) is 0.648. The van der Waals surface area contributed by atoms with Crippen LogP contribution in [-0.4, -0.2) is 14.5 Å². The molecule has 0 spiro atoms. The van der Waals surface area contributed by atoms with E-state index in [2.05, 4.69) is 216 Å². The highest BCUT2D eigenvalue weighted by atomic mass is 32.2. The molecule has 59 heavy (non-hydrogen) atoms. The van der Waals surface area contributed by atoms with E-state index in [1.165, 1.54) is 53.8 Å². The van der Waals surface area contributed by atoms with E-state index in [-0.39, 0.29) is 0 Å². The van der Waals surface area contributed by atoms with Crippen LogP contribution in [0.5, 0.6) is 0 Å². The zero-order valence-corrected chi connectivity index (χ0v) is 32.6. The van der Waals surface area contributed by atoms with Crippen molar-refractivity contribution in [3.05, 3.63) is 206 Å². The van der Waals surface area contributed by atoms with Crippen molar-refractivity contribution in [3.8, 4) is 39.5 Å². The van der Waals surface area contributed by atoms with Crippen LogP contribution < -0.4 is 4.90 Å². The Labute approximate surface area is 345 Å². The Balaban J connectivity index is 1.06. The fourth-order valence-electron chi connectivity index (χ4n) is 8.81. The predicted molar refractivity (Wildman–Crippen MR) is 246 cm³/mol. The second-order valence-electron chi connectivity index (χ2n) is 15.0. The second-order valence-corrected chi connectivity index (χ2v) is 16.1. The topological polar surface area (TPSA) is 34.0 Å². The molecule has 5 heteroatoms. The summed E-state index contributed by atoms with van der Waals surface area (Å²) >= 11 is 1.83. The molecule has 0 atom stereocenters. The van der Waals surface area contributed by atoms with Crippen molar-refractivity contribution in [3.63, 3.8) is 0 Å². The molecule has 0 radical (unpaired) electrons. The van der Waals surface area contributed by atoms with Gasteiger partial charge >= 0.3 is 0 Å². The van der Waals surface area contributed by atoms with Gasteiger partial charge in [-0.3, -0.25) is 4.57 Å². The number of nitrogens with zero attached hydrogens (tertiary/aromatic N) is 4. The minimum atomic E-state index is 0.648. The van der Waals surface area contributed by atoms with Gasteiger partial charge in [-0.15, -0.1) is 0 Å². The van der Waals surface area contributed by atoms with Crippen LogP contribution in [0.3, 0.4) is 0 Å². The summed E-state index contributed by atoms with van der Waals surface area (Å²) in [5, 5.41) is 5.81. The molecular formula is C54H34N4S. The SMILES string of the molecule is c1ccc(-c2ccc(-c3nc(-n4c5cc(-c6ccc7c(c6)Sc6ccccc6N7c6ccccc6)ccc5c5c6ccccc6ccc54)nc4ccccc34)cc2)cc1. The van der Waals surface area contributed by atoms with Crippen molar-refractivity contribution in [1.82, 2.24) is 14.5 Å².